The molecule has 2 aromatic rings. The molecule has 26 heavy (non-hydrogen) atoms. The van der Waals surface area contributed by atoms with Gasteiger partial charge in [0.05, 0.1) is 27.1 Å². The van der Waals surface area contributed by atoms with E-state index in [1.807, 2.05) is 0 Å². The summed E-state index contributed by atoms with van der Waals surface area (Å²) in [7, 11) is 1.49. The van der Waals surface area contributed by atoms with E-state index in [1.165, 1.54) is 24.2 Å². The van der Waals surface area contributed by atoms with Gasteiger partial charge in [-0.05, 0) is 57.5 Å². The molecule has 1 N–H and O–H groups in total. The number of hydrogen-bond donors (Lipinski definition) is 1. The number of carbonyl (C=O) groups is 1. The lowest BCUT2D eigenvalue weighted by molar-refractivity contribution is -0.385. The van der Waals surface area contributed by atoms with Crippen molar-refractivity contribution in [3.8, 4) is 5.75 Å². The fourth-order valence-corrected chi connectivity index (χ4v) is 3.68. The maximum Gasteiger partial charge on any atom is 0.284 e. The third-order valence-corrected chi connectivity index (χ3v) is 5.17. The number of para-hydroxylation sites is 2. The maximum atomic E-state index is 12.8. The zero-order chi connectivity index (χ0) is 18.8. The number of carbonyl (C=O) groups excluding carboxylic acids is 1. The second-order valence-electron chi connectivity index (χ2n) is 5.20. The summed E-state index contributed by atoms with van der Waals surface area (Å²) < 4.78 is 5.62. The molecule has 0 saturated carbocycles. The van der Waals surface area contributed by atoms with Gasteiger partial charge in [0.15, 0.2) is 5.17 Å². The molecule has 3 rings (SSSR count). The summed E-state index contributed by atoms with van der Waals surface area (Å²) in [6.45, 7) is 0. The second-order valence-corrected chi connectivity index (χ2v) is 7.08. The molecule has 132 valence electrons. The van der Waals surface area contributed by atoms with Crippen molar-refractivity contribution in [3.05, 3.63) is 67.5 Å². The van der Waals surface area contributed by atoms with Crippen LogP contribution in [-0.2, 0) is 4.79 Å². The van der Waals surface area contributed by atoms with Gasteiger partial charge in [0.2, 0.25) is 0 Å². The molecule has 0 atom stereocenters. The summed E-state index contributed by atoms with van der Waals surface area (Å²) in [5.41, 5.74) is 0.888. The van der Waals surface area contributed by atoms with E-state index in [0.29, 0.717) is 26.4 Å². The van der Waals surface area contributed by atoms with Gasteiger partial charge in [-0.15, -0.1) is 0 Å². The van der Waals surface area contributed by atoms with Crippen molar-refractivity contribution < 1.29 is 14.5 Å². The normalized spacial score (nSPS) is 15.6. The number of nitrogens with zero attached hydrogens (tertiary/aromatic N) is 2. The first kappa shape index (κ1) is 18.2. The molecule has 0 radical (unpaired) electrons. The van der Waals surface area contributed by atoms with Crippen LogP contribution in [-0.4, -0.2) is 23.1 Å². The van der Waals surface area contributed by atoms with Crippen LogP contribution in [0, 0.1) is 15.5 Å². The Labute approximate surface area is 161 Å². The quantitative estimate of drug-likeness (QED) is 0.437. The van der Waals surface area contributed by atoms with Crippen LogP contribution >= 0.6 is 27.7 Å². The number of ether oxygens (including phenoxy) is 1. The van der Waals surface area contributed by atoms with Crippen LogP contribution < -0.4 is 9.64 Å². The Morgan fingerprint density at radius 3 is 2.73 bits per heavy atom. The number of anilines is 1. The topological polar surface area (TPSA) is 96.5 Å². The van der Waals surface area contributed by atoms with Crippen LogP contribution in [0.25, 0.3) is 6.08 Å². The van der Waals surface area contributed by atoms with Crippen LogP contribution in [0.3, 0.4) is 0 Å². The van der Waals surface area contributed by atoms with Crippen molar-refractivity contribution >= 4 is 56.2 Å². The Hall–Kier alpha value is -2.65. The Bertz CT molecular complexity index is 961. The van der Waals surface area contributed by atoms with E-state index >= 15 is 0 Å². The average molecular weight is 434 g/mol. The first-order valence-electron chi connectivity index (χ1n) is 7.32. The van der Waals surface area contributed by atoms with Gasteiger partial charge in [-0.1, -0.05) is 18.2 Å². The SMILES string of the molecule is COc1ccccc1N1C(=N)SC(=Cc2ccc(Br)c([N+](=O)[O-])c2)C1=O. The van der Waals surface area contributed by atoms with Gasteiger partial charge in [-0.2, -0.15) is 0 Å². The van der Waals surface area contributed by atoms with E-state index < -0.39 is 4.92 Å². The van der Waals surface area contributed by atoms with E-state index in [1.54, 1.807) is 36.4 Å². The Morgan fingerprint density at radius 2 is 2.04 bits per heavy atom. The Kier molecular flexibility index (Phi) is 5.10. The van der Waals surface area contributed by atoms with Crippen LogP contribution in [0.4, 0.5) is 11.4 Å². The molecule has 0 aliphatic carbocycles. The minimum absolute atomic E-state index is 0.0392. The number of benzene rings is 2. The monoisotopic (exact) mass is 433 g/mol. The molecule has 0 bridgehead atoms. The predicted molar refractivity (Wildman–Crippen MR) is 105 cm³/mol. The molecule has 1 heterocycles. The molecule has 1 aliphatic heterocycles. The number of amidine groups is 1. The fraction of sp³-hybridized carbons (Fsp3) is 0.0588. The lowest BCUT2D eigenvalue weighted by Gasteiger charge is -2.17. The van der Waals surface area contributed by atoms with Gasteiger partial charge < -0.3 is 4.74 Å². The average Bonchev–Trinajstić information content (AvgIpc) is 2.89. The predicted octanol–water partition coefficient (Wildman–Crippen LogP) is 4.42. The second kappa shape index (κ2) is 7.30. The van der Waals surface area contributed by atoms with Gasteiger partial charge in [0.25, 0.3) is 11.6 Å². The molecule has 1 aliphatic rings. The number of halogens is 1. The highest BCUT2D eigenvalue weighted by Gasteiger charge is 2.35. The summed E-state index contributed by atoms with van der Waals surface area (Å²) in [5, 5.41) is 19.2. The summed E-state index contributed by atoms with van der Waals surface area (Å²) in [5.74, 6) is 0.0989. The standard InChI is InChI=1S/C17H12BrN3O4S/c1-25-14-5-3-2-4-12(14)20-16(22)15(26-17(20)19)9-10-6-7-11(18)13(8-10)21(23)24/h2-9,19H,1H3. The third kappa shape index (κ3) is 3.35. The van der Waals surface area contributed by atoms with Gasteiger partial charge in [-0.3, -0.25) is 25.2 Å². The van der Waals surface area contributed by atoms with Gasteiger partial charge in [0, 0.05) is 6.07 Å². The Balaban J connectivity index is 1.98. The van der Waals surface area contributed by atoms with E-state index in [4.69, 9.17) is 10.1 Å². The molecule has 0 aromatic heterocycles. The van der Waals surface area contributed by atoms with Crippen molar-refractivity contribution in [1.29, 1.82) is 5.41 Å². The lowest BCUT2D eigenvalue weighted by atomic mass is 10.2. The van der Waals surface area contributed by atoms with Crippen molar-refractivity contribution in [3.63, 3.8) is 0 Å². The molecule has 1 saturated heterocycles. The number of methoxy groups -OCH3 is 1. The zero-order valence-electron chi connectivity index (χ0n) is 13.4. The fourth-order valence-electron chi connectivity index (χ4n) is 2.43. The minimum Gasteiger partial charge on any atom is -0.495 e. The van der Waals surface area contributed by atoms with Gasteiger partial charge >= 0.3 is 0 Å². The molecule has 1 fully saturated rings. The van der Waals surface area contributed by atoms with Crippen molar-refractivity contribution in [2.75, 3.05) is 12.0 Å². The summed E-state index contributed by atoms with van der Waals surface area (Å²) >= 11 is 4.12. The molecule has 9 heteroatoms. The zero-order valence-corrected chi connectivity index (χ0v) is 15.8. The number of nitrogens with one attached hydrogen (secondary N) is 1. The van der Waals surface area contributed by atoms with E-state index in [2.05, 4.69) is 15.9 Å². The molecule has 0 spiro atoms. The summed E-state index contributed by atoms with van der Waals surface area (Å²) in [6.07, 6.45) is 1.54. The van der Waals surface area contributed by atoms with Gasteiger partial charge in [0.1, 0.15) is 5.75 Å². The summed E-state index contributed by atoms with van der Waals surface area (Å²) in [6, 6.07) is 11.5. The van der Waals surface area contributed by atoms with E-state index in [-0.39, 0.29) is 16.8 Å². The highest BCUT2D eigenvalue weighted by atomic mass is 79.9. The molecule has 0 unspecified atom stereocenters. The summed E-state index contributed by atoms with van der Waals surface area (Å²) in [4.78, 5) is 24.9. The van der Waals surface area contributed by atoms with E-state index in [9.17, 15) is 14.9 Å². The number of amides is 1. The van der Waals surface area contributed by atoms with Crippen molar-refractivity contribution in [2.24, 2.45) is 0 Å². The first-order chi connectivity index (χ1) is 12.4. The van der Waals surface area contributed by atoms with E-state index in [0.717, 1.165) is 11.8 Å². The van der Waals surface area contributed by atoms with Gasteiger partial charge in [-0.25, -0.2) is 0 Å². The number of rotatable bonds is 4. The largest absolute Gasteiger partial charge is 0.495 e. The number of thioether (sulfide) groups is 1. The van der Waals surface area contributed by atoms with Crippen LogP contribution in [0.5, 0.6) is 5.75 Å². The van der Waals surface area contributed by atoms with Crippen LogP contribution in [0.1, 0.15) is 5.56 Å². The molecular weight excluding hydrogens is 422 g/mol. The number of hydrogen-bond acceptors (Lipinski definition) is 6. The number of nitro benzene ring substituents is 1. The highest BCUT2D eigenvalue weighted by Crippen LogP contribution is 2.39. The van der Waals surface area contributed by atoms with Crippen LogP contribution in [0.2, 0.25) is 0 Å². The van der Waals surface area contributed by atoms with Crippen LogP contribution in [0.15, 0.2) is 51.8 Å². The minimum atomic E-state index is -0.501. The lowest BCUT2D eigenvalue weighted by Crippen LogP contribution is -2.28. The van der Waals surface area contributed by atoms with Crippen molar-refractivity contribution in [1.82, 2.24) is 0 Å². The third-order valence-electron chi connectivity index (χ3n) is 3.61. The highest BCUT2D eigenvalue weighted by molar-refractivity contribution is 9.10. The molecule has 1 amide bonds. The first-order valence-corrected chi connectivity index (χ1v) is 8.93. The van der Waals surface area contributed by atoms with Crippen molar-refractivity contribution in [2.45, 2.75) is 0 Å². The molecule has 2 aromatic carbocycles. The Morgan fingerprint density at radius 1 is 1.31 bits per heavy atom. The maximum absolute atomic E-state index is 12.8. The molecular formula is C17H12BrN3O4S. The smallest absolute Gasteiger partial charge is 0.284 e. The molecule has 7 nitrogen and oxygen atoms in total. The number of nitro groups is 1.